The van der Waals surface area contributed by atoms with E-state index in [1.165, 1.54) is 12.8 Å². The molecule has 0 aromatic heterocycles. The van der Waals surface area contributed by atoms with Crippen molar-refractivity contribution < 1.29 is 14.3 Å². The molecule has 0 radical (unpaired) electrons. The van der Waals surface area contributed by atoms with Gasteiger partial charge in [-0.1, -0.05) is 12.8 Å². The lowest BCUT2D eigenvalue weighted by atomic mass is 9.89. The van der Waals surface area contributed by atoms with Gasteiger partial charge < -0.3 is 14.4 Å². The molecular weight excluding hydrogens is 254 g/mol. The molecular formula is C16H21NO3. The maximum absolute atomic E-state index is 12.7. The number of hydrogen-bond acceptors (Lipinski definition) is 3. The molecule has 1 aliphatic carbocycles. The minimum absolute atomic E-state index is 0.118. The standard InChI is InChI=1S/C16H21NO3/c1-19-13-8-6-12(7-9-13)16(18)17-10-11-20-15-5-3-2-4-14(15)17/h6-9,14-15H,2-5,10-11H2,1H3. The van der Waals surface area contributed by atoms with Crippen LogP contribution in [0.5, 0.6) is 5.75 Å². The van der Waals surface area contributed by atoms with Gasteiger partial charge >= 0.3 is 0 Å². The normalized spacial score (nSPS) is 25.9. The summed E-state index contributed by atoms with van der Waals surface area (Å²) in [5.41, 5.74) is 0.733. The fourth-order valence-electron chi connectivity index (χ4n) is 3.25. The van der Waals surface area contributed by atoms with Gasteiger partial charge in [-0.3, -0.25) is 4.79 Å². The topological polar surface area (TPSA) is 38.8 Å². The fraction of sp³-hybridized carbons (Fsp3) is 0.562. The second-order valence-corrected chi connectivity index (χ2v) is 5.49. The number of nitrogens with zero attached hydrogens (tertiary/aromatic N) is 1. The van der Waals surface area contributed by atoms with Crippen molar-refractivity contribution in [3.8, 4) is 5.75 Å². The Morgan fingerprint density at radius 3 is 2.75 bits per heavy atom. The van der Waals surface area contributed by atoms with Gasteiger partial charge in [0, 0.05) is 12.1 Å². The van der Waals surface area contributed by atoms with Crippen molar-refractivity contribution in [2.75, 3.05) is 20.3 Å². The summed E-state index contributed by atoms with van der Waals surface area (Å²) in [5, 5.41) is 0. The molecule has 1 saturated heterocycles. The van der Waals surface area contributed by atoms with E-state index in [9.17, 15) is 4.79 Å². The van der Waals surface area contributed by atoms with Crippen LogP contribution in [0.3, 0.4) is 0 Å². The molecule has 108 valence electrons. The summed E-state index contributed by atoms with van der Waals surface area (Å²) in [5.74, 6) is 0.895. The molecule has 1 aromatic rings. The number of amides is 1. The van der Waals surface area contributed by atoms with Crippen molar-refractivity contribution in [1.82, 2.24) is 4.90 Å². The van der Waals surface area contributed by atoms with E-state index >= 15 is 0 Å². The summed E-state index contributed by atoms with van der Waals surface area (Å²) in [7, 11) is 1.63. The monoisotopic (exact) mass is 275 g/mol. The van der Waals surface area contributed by atoms with Crippen molar-refractivity contribution in [3.63, 3.8) is 0 Å². The maximum atomic E-state index is 12.7. The van der Waals surface area contributed by atoms with Gasteiger partial charge in [-0.05, 0) is 37.1 Å². The lowest BCUT2D eigenvalue weighted by Gasteiger charge is -2.43. The van der Waals surface area contributed by atoms with E-state index in [-0.39, 0.29) is 18.1 Å². The Hall–Kier alpha value is -1.55. The van der Waals surface area contributed by atoms with E-state index in [2.05, 4.69) is 0 Å². The van der Waals surface area contributed by atoms with E-state index in [1.807, 2.05) is 29.2 Å². The molecule has 20 heavy (non-hydrogen) atoms. The summed E-state index contributed by atoms with van der Waals surface area (Å²) >= 11 is 0. The van der Waals surface area contributed by atoms with Gasteiger partial charge in [-0.25, -0.2) is 0 Å². The molecule has 1 aromatic carbocycles. The molecule has 4 nitrogen and oxygen atoms in total. The van der Waals surface area contributed by atoms with Crippen LogP contribution in [0.1, 0.15) is 36.0 Å². The van der Waals surface area contributed by atoms with Crippen molar-refractivity contribution in [2.24, 2.45) is 0 Å². The quantitative estimate of drug-likeness (QED) is 0.832. The van der Waals surface area contributed by atoms with Gasteiger partial charge in [0.15, 0.2) is 0 Å². The number of benzene rings is 1. The molecule has 1 heterocycles. The van der Waals surface area contributed by atoms with E-state index in [4.69, 9.17) is 9.47 Å². The van der Waals surface area contributed by atoms with Crippen LogP contribution in [0, 0.1) is 0 Å². The average Bonchev–Trinajstić information content (AvgIpc) is 2.54. The molecule has 2 atom stereocenters. The van der Waals surface area contributed by atoms with Crippen LogP contribution in [0.2, 0.25) is 0 Å². The zero-order chi connectivity index (χ0) is 13.9. The van der Waals surface area contributed by atoms with Crippen LogP contribution < -0.4 is 4.74 Å². The van der Waals surface area contributed by atoms with Gasteiger partial charge in [-0.15, -0.1) is 0 Å². The Morgan fingerprint density at radius 2 is 2.00 bits per heavy atom. The Morgan fingerprint density at radius 1 is 1.25 bits per heavy atom. The Kier molecular flexibility index (Phi) is 3.92. The lowest BCUT2D eigenvalue weighted by Crippen LogP contribution is -2.54. The van der Waals surface area contributed by atoms with Gasteiger partial charge in [0.1, 0.15) is 5.75 Å². The lowest BCUT2D eigenvalue weighted by molar-refractivity contribution is -0.0752. The number of methoxy groups -OCH3 is 1. The van der Waals surface area contributed by atoms with Crippen LogP contribution in [0.25, 0.3) is 0 Å². The van der Waals surface area contributed by atoms with Crippen LogP contribution in [-0.4, -0.2) is 43.2 Å². The summed E-state index contributed by atoms with van der Waals surface area (Å²) < 4.78 is 11.0. The first-order chi connectivity index (χ1) is 9.79. The number of ether oxygens (including phenoxy) is 2. The molecule has 1 aliphatic heterocycles. The van der Waals surface area contributed by atoms with Crippen molar-refractivity contribution in [2.45, 2.75) is 37.8 Å². The molecule has 1 amide bonds. The summed E-state index contributed by atoms with van der Waals surface area (Å²) in [6, 6.07) is 7.62. The number of rotatable bonds is 2. The third kappa shape index (κ3) is 2.52. The van der Waals surface area contributed by atoms with E-state index in [0.29, 0.717) is 13.2 Å². The largest absolute Gasteiger partial charge is 0.497 e. The Balaban J connectivity index is 1.77. The molecule has 3 rings (SSSR count). The second kappa shape index (κ2) is 5.83. The van der Waals surface area contributed by atoms with Crippen LogP contribution in [0.4, 0.5) is 0 Å². The van der Waals surface area contributed by atoms with Crippen LogP contribution in [-0.2, 0) is 4.74 Å². The molecule has 2 aliphatic rings. The van der Waals surface area contributed by atoms with E-state index in [1.54, 1.807) is 7.11 Å². The van der Waals surface area contributed by atoms with Gasteiger partial charge in [0.25, 0.3) is 5.91 Å². The first-order valence-corrected chi connectivity index (χ1v) is 7.36. The van der Waals surface area contributed by atoms with Crippen LogP contribution >= 0.6 is 0 Å². The van der Waals surface area contributed by atoms with Crippen molar-refractivity contribution in [3.05, 3.63) is 29.8 Å². The third-order valence-corrected chi connectivity index (χ3v) is 4.33. The minimum atomic E-state index is 0.118. The first-order valence-electron chi connectivity index (χ1n) is 7.36. The number of carbonyl (C=O) groups excluding carboxylic acids is 1. The minimum Gasteiger partial charge on any atom is -0.497 e. The second-order valence-electron chi connectivity index (χ2n) is 5.49. The highest BCUT2D eigenvalue weighted by Crippen LogP contribution is 2.29. The molecule has 2 unspecified atom stereocenters. The van der Waals surface area contributed by atoms with Crippen molar-refractivity contribution in [1.29, 1.82) is 0 Å². The zero-order valence-corrected chi connectivity index (χ0v) is 11.9. The number of hydrogen-bond donors (Lipinski definition) is 0. The Bertz CT molecular complexity index is 469. The van der Waals surface area contributed by atoms with Gasteiger partial charge in [0.2, 0.25) is 0 Å². The molecule has 0 N–H and O–H groups in total. The van der Waals surface area contributed by atoms with Gasteiger partial charge in [-0.2, -0.15) is 0 Å². The van der Waals surface area contributed by atoms with Gasteiger partial charge in [0.05, 0.1) is 25.9 Å². The molecule has 1 saturated carbocycles. The first kappa shape index (κ1) is 13.4. The highest BCUT2D eigenvalue weighted by molar-refractivity contribution is 5.94. The maximum Gasteiger partial charge on any atom is 0.254 e. The molecule has 0 bridgehead atoms. The molecule has 4 heteroatoms. The number of carbonyl (C=O) groups is 1. The van der Waals surface area contributed by atoms with E-state index < -0.39 is 0 Å². The Labute approximate surface area is 119 Å². The smallest absolute Gasteiger partial charge is 0.254 e. The third-order valence-electron chi connectivity index (χ3n) is 4.33. The molecule has 0 spiro atoms. The highest BCUT2D eigenvalue weighted by Gasteiger charge is 2.36. The number of fused-ring (bicyclic) bond motifs is 1. The van der Waals surface area contributed by atoms with Crippen molar-refractivity contribution >= 4 is 5.91 Å². The fourth-order valence-corrected chi connectivity index (χ4v) is 3.25. The highest BCUT2D eigenvalue weighted by atomic mass is 16.5. The zero-order valence-electron chi connectivity index (χ0n) is 11.9. The summed E-state index contributed by atoms with van der Waals surface area (Å²) in [4.78, 5) is 14.7. The summed E-state index contributed by atoms with van der Waals surface area (Å²) in [6.07, 6.45) is 4.78. The summed E-state index contributed by atoms with van der Waals surface area (Å²) in [6.45, 7) is 1.36. The molecule has 2 fully saturated rings. The predicted octanol–water partition coefficient (Wildman–Crippen LogP) is 2.48. The van der Waals surface area contributed by atoms with Crippen LogP contribution in [0.15, 0.2) is 24.3 Å². The SMILES string of the molecule is COc1ccc(C(=O)N2CCOC3CCCCC32)cc1. The predicted molar refractivity (Wildman–Crippen MR) is 76.0 cm³/mol. The average molecular weight is 275 g/mol. The van der Waals surface area contributed by atoms with E-state index in [0.717, 1.165) is 24.2 Å². The number of morpholine rings is 1.